The fourth-order valence-corrected chi connectivity index (χ4v) is 2.14. The second kappa shape index (κ2) is 5.44. The number of likely N-dealkylation sites (tertiary alicyclic amines) is 1. The minimum absolute atomic E-state index is 0.00209. The van der Waals surface area contributed by atoms with Crippen molar-refractivity contribution in [2.45, 2.75) is 12.8 Å². The summed E-state index contributed by atoms with van der Waals surface area (Å²) < 4.78 is 13.3. The van der Waals surface area contributed by atoms with E-state index in [0.717, 1.165) is 25.9 Å². The van der Waals surface area contributed by atoms with Crippen LogP contribution in [-0.2, 0) is 4.79 Å². The molecule has 1 aromatic carbocycles. The van der Waals surface area contributed by atoms with Crippen LogP contribution in [0.2, 0.25) is 5.02 Å². The lowest BCUT2D eigenvalue weighted by atomic mass is 10.2. The van der Waals surface area contributed by atoms with Crippen LogP contribution < -0.4 is 11.1 Å². The van der Waals surface area contributed by atoms with E-state index in [-0.39, 0.29) is 17.5 Å². The molecule has 6 heteroatoms. The number of nitrogens with two attached hydrogens (primary N) is 1. The zero-order chi connectivity index (χ0) is 13.1. The molecule has 0 radical (unpaired) electrons. The molecule has 1 fully saturated rings. The fourth-order valence-electron chi connectivity index (χ4n) is 1.96. The van der Waals surface area contributed by atoms with E-state index >= 15 is 0 Å². The number of anilines is 2. The maximum absolute atomic E-state index is 13.3. The minimum atomic E-state index is -0.554. The van der Waals surface area contributed by atoms with Crippen molar-refractivity contribution >= 4 is 28.9 Å². The van der Waals surface area contributed by atoms with Crippen molar-refractivity contribution in [3.8, 4) is 0 Å². The molecule has 4 nitrogen and oxygen atoms in total. The quantitative estimate of drug-likeness (QED) is 0.828. The highest BCUT2D eigenvalue weighted by Gasteiger charge is 2.17. The molecule has 1 aliphatic heterocycles. The highest BCUT2D eigenvalue weighted by molar-refractivity contribution is 6.31. The Morgan fingerprint density at radius 3 is 2.78 bits per heavy atom. The molecule has 1 saturated heterocycles. The fraction of sp³-hybridized carbons (Fsp3) is 0.417. The molecule has 0 aromatic heterocycles. The number of carbonyl (C=O) groups excluding carboxylic acids is 1. The third-order valence-electron chi connectivity index (χ3n) is 2.98. The van der Waals surface area contributed by atoms with Crippen LogP contribution in [0.4, 0.5) is 15.8 Å². The lowest BCUT2D eigenvalue weighted by molar-refractivity contribution is -0.128. The lowest BCUT2D eigenvalue weighted by Crippen LogP contribution is -2.33. The van der Waals surface area contributed by atoms with E-state index in [4.69, 9.17) is 17.3 Å². The first-order valence-corrected chi connectivity index (χ1v) is 6.22. The predicted octanol–water partition coefficient (Wildman–Crippen LogP) is 2.10. The van der Waals surface area contributed by atoms with Crippen LogP contribution in [0.3, 0.4) is 0 Å². The summed E-state index contributed by atoms with van der Waals surface area (Å²) in [4.78, 5) is 13.6. The van der Waals surface area contributed by atoms with Gasteiger partial charge >= 0.3 is 0 Å². The van der Waals surface area contributed by atoms with Gasteiger partial charge in [0.2, 0.25) is 5.91 Å². The first-order chi connectivity index (χ1) is 8.58. The molecule has 1 heterocycles. The predicted molar refractivity (Wildman–Crippen MR) is 70.1 cm³/mol. The summed E-state index contributed by atoms with van der Waals surface area (Å²) in [6.45, 7) is 1.71. The van der Waals surface area contributed by atoms with Crippen molar-refractivity contribution < 1.29 is 9.18 Å². The molecule has 0 spiro atoms. The van der Waals surface area contributed by atoms with Crippen LogP contribution in [0.5, 0.6) is 0 Å². The summed E-state index contributed by atoms with van der Waals surface area (Å²) in [6.07, 6.45) is 2.09. The van der Waals surface area contributed by atoms with Gasteiger partial charge in [0, 0.05) is 19.2 Å². The maximum Gasteiger partial charge on any atom is 0.241 e. The summed E-state index contributed by atoms with van der Waals surface area (Å²) in [5.41, 5.74) is 6.41. The van der Waals surface area contributed by atoms with Gasteiger partial charge in [-0.2, -0.15) is 0 Å². The third-order valence-corrected chi connectivity index (χ3v) is 3.27. The van der Waals surface area contributed by atoms with Crippen molar-refractivity contribution in [2.75, 3.05) is 30.7 Å². The Bertz CT molecular complexity index is 461. The zero-order valence-corrected chi connectivity index (χ0v) is 10.6. The van der Waals surface area contributed by atoms with Gasteiger partial charge in [0.25, 0.3) is 0 Å². The van der Waals surface area contributed by atoms with Gasteiger partial charge in [0.15, 0.2) is 0 Å². The number of hydrogen-bond donors (Lipinski definition) is 2. The van der Waals surface area contributed by atoms with Gasteiger partial charge in [0.05, 0.1) is 22.9 Å². The molecule has 3 N–H and O–H groups in total. The highest BCUT2D eigenvalue weighted by atomic mass is 35.5. The van der Waals surface area contributed by atoms with Crippen molar-refractivity contribution in [1.29, 1.82) is 0 Å². The molecule has 0 unspecified atom stereocenters. The largest absolute Gasteiger partial charge is 0.397 e. The van der Waals surface area contributed by atoms with Gasteiger partial charge in [-0.15, -0.1) is 0 Å². The maximum atomic E-state index is 13.3. The molecule has 98 valence electrons. The Morgan fingerprint density at radius 1 is 1.44 bits per heavy atom. The molecule has 1 amide bonds. The average Bonchev–Trinajstić information content (AvgIpc) is 2.85. The molecule has 0 bridgehead atoms. The topological polar surface area (TPSA) is 58.4 Å². The Kier molecular flexibility index (Phi) is 3.91. The standard InChI is InChI=1S/C12H15ClFN3O/c13-8-5-10(15)11(6-9(8)14)16-7-12(18)17-3-1-2-4-17/h5-6,16H,1-4,7,15H2. The van der Waals surface area contributed by atoms with Crippen LogP contribution in [0.1, 0.15) is 12.8 Å². The van der Waals surface area contributed by atoms with Crippen molar-refractivity contribution in [2.24, 2.45) is 0 Å². The summed E-state index contributed by atoms with van der Waals surface area (Å²) in [5.74, 6) is -0.552. The number of hydrogen-bond acceptors (Lipinski definition) is 3. The number of carbonyl (C=O) groups is 1. The van der Waals surface area contributed by atoms with Gasteiger partial charge < -0.3 is 16.0 Å². The monoisotopic (exact) mass is 271 g/mol. The molecule has 1 aromatic rings. The number of amides is 1. The molecule has 0 aliphatic carbocycles. The molecule has 0 atom stereocenters. The Labute approximate surface area is 110 Å². The Balaban J connectivity index is 1.97. The van der Waals surface area contributed by atoms with Crippen LogP contribution in [0, 0.1) is 5.82 Å². The summed E-state index contributed by atoms with van der Waals surface area (Å²) >= 11 is 5.59. The molecular formula is C12H15ClFN3O. The Morgan fingerprint density at radius 2 is 2.11 bits per heavy atom. The van der Waals surface area contributed by atoms with Crippen molar-refractivity contribution in [1.82, 2.24) is 4.90 Å². The average molecular weight is 272 g/mol. The smallest absolute Gasteiger partial charge is 0.241 e. The van der Waals surface area contributed by atoms with Gasteiger partial charge in [-0.05, 0) is 18.9 Å². The highest BCUT2D eigenvalue weighted by Crippen LogP contribution is 2.25. The second-order valence-corrected chi connectivity index (χ2v) is 4.70. The molecule has 18 heavy (non-hydrogen) atoms. The van der Waals surface area contributed by atoms with Gasteiger partial charge in [-0.25, -0.2) is 4.39 Å². The summed E-state index contributed by atoms with van der Waals surface area (Å²) in [6, 6.07) is 2.54. The van der Waals surface area contributed by atoms with E-state index in [9.17, 15) is 9.18 Å². The zero-order valence-electron chi connectivity index (χ0n) is 9.88. The number of rotatable bonds is 3. The molecule has 1 aliphatic rings. The number of halogens is 2. The Hall–Kier alpha value is -1.49. The summed E-state index contributed by atoms with van der Waals surface area (Å²) in [7, 11) is 0. The summed E-state index contributed by atoms with van der Waals surface area (Å²) in [5, 5.41) is 2.82. The van der Waals surface area contributed by atoms with Crippen molar-refractivity contribution in [3.05, 3.63) is 23.0 Å². The van der Waals surface area contributed by atoms with E-state index in [1.165, 1.54) is 12.1 Å². The normalized spacial score (nSPS) is 14.9. The van der Waals surface area contributed by atoms with Gasteiger partial charge in [0.1, 0.15) is 5.82 Å². The van der Waals surface area contributed by atoms with E-state index in [2.05, 4.69) is 5.32 Å². The SMILES string of the molecule is Nc1cc(Cl)c(F)cc1NCC(=O)N1CCCC1. The first kappa shape index (κ1) is 13.0. The van der Waals surface area contributed by atoms with Crippen molar-refractivity contribution in [3.63, 3.8) is 0 Å². The van der Waals surface area contributed by atoms with E-state index in [1.807, 2.05) is 0 Å². The van der Waals surface area contributed by atoms with Gasteiger partial charge in [-0.1, -0.05) is 11.6 Å². The van der Waals surface area contributed by atoms with Crippen LogP contribution in [-0.4, -0.2) is 30.4 Å². The van der Waals surface area contributed by atoms with Crippen LogP contribution in [0.25, 0.3) is 0 Å². The number of nitrogens with one attached hydrogen (secondary N) is 1. The van der Waals surface area contributed by atoms with Gasteiger partial charge in [-0.3, -0.25) is 4.79 Å². The number of benzene rings is 1. The molecular weight excluding hydrogens is 257 g/mol. The minimum Gasteiger partial charge on any atom is -0.397 e. The first-order valence-electron chi connectivity index (χ1n) is 5.84. The molecule has 2 rings (SSSR count). The molecule has 0 saturated carbocycles. The number of nitrogen functional groups attached to an aromatic ring is 1. The van der Waals surface area contributed by atoms with E-state index in [0.29, 0.717) is 11.4 Å². The van der Waals surface area contributed by atoms with Crippen LogP contribution >= 0.6 is 11.6 Å². The van der Waals surface area contributed by atoms with E-state index < -0.39 is 5.82 Å². The van der Waals surface area contributed by atoms with Crippen LogP contribution in [0.15, 0.2) is 12.1 Å². The second-order valence-electron chi connectivity index (χ2n) is 4.30. The number of nitrogens with zero attached hydrogens (tertiary/aromatic N) is 1. The third kappa shape index (κ3) is 2.85. The lowest BCUT2D eigenvalue weighted by Gasteiger charge is -2.16. The van der Waals surface area contributed by atoms with E-state index in [1.54, 1.807) is 4.90 Å².